The van der Waals surface area contributed by atoms with E-state index in [-0.39, 0.29) is 12.3 Å². The van der Waals surface area contributed by atoms with Crippen LogP contribution in [0.3, 0.4) is 0 Å². The summed E-state index contributed by atoms with van der Waals surface area (Å²) in [5.74, 6) is 0.652. The molecule has 0 atom stereocenters. The van der Waals surface area contributed by atoms with E-state index in [2.05, 4.69) is 10.5 Å². The monoisotopic (exact) mass is 446 g/mol. The SMILES string of the molecule is COc1ccc(N(CC(=O)N/N=C\c2ccc(OCC#N)cc2)S(C)(=O)=O)cc1OC. The topological polar surface area (TPSA) is 130 Å². The number of amides is 1. The van der Waals surface area contributed by atoms with Crippen LogP contribution in [-0.2, 0) is 14.8 Å². The van der Waals surface area contributed by atoms with Crippen LogP contribution in [0.5, 0.6) is 17.2 Å². The lowest BCUT2D eigenvalue weighted by molar-refractivity contribution is -0.119. The molecule has 2 rings (SSSR count). The quantitative estimate of drug-likeness (QED) is 0.432. The van der Waals surface area contributed by atoms with E-state index in [9.17, 15) is 13.2 Å². The molecule has 164 valence electrons. The lowest BCUT2D eigenvalue weighted by Gasteiger charge is -2.22. The van der Waals surface area contributed by atoms with Crippen molar-refractivity contribution in [2.45, 2.75) is 0 Å². The molecule has 1 N–H and O–H groups in total. The van der Waals surface area contributed by atoms with Crippen molar-refractivity contribution < 1.29 is 27.4 Å². The average Bonchev–Trinajstić information content (AvgIpc) is 2.75. The minimum atomic E-state index is -3.76. The van der Waals surface area contributed by atoms with Crippen LogP contribution in [0.4, 0.5) is 5.69 Å². The van der Waals surface area contributed by atoms with Gasteiger partial charge in [-0.3, -0.25) is 9.10 Å². The maximum Gasteiger partial charge on any atom is 0.260 e. The Kier molecular flexibility index (Phi) is 8.22. The first kappa shape index (κ1) is 23.5. The first-order chi connectivity index (χ1) is 14.8. The van der Waals surface area contributed by atoms with Crippen molar-refractivity contribution in [2.75, 3.05) is 37.9 Å². The maximum absolute atomic E-state index is 12.3. The summed E-state index contributed by atoms with van der Waals surface area (Å²) < 4.78 is 40.9. The Balaban J connectivity index is 2.07. The number of hydrazone groups is 1. The van der Waals surface area contributed by atoms with Gasteiger partial charge in [0.1, 0.15) is 18.4 Å². The molecular formula is C20H22N4O6S. The van der Waals surface area contributed by atoms with Crippen molar-refractivity contribution in [3.05, 3.63) is 48.0 Å². The van der Waals surface area contributed by atoms with E-state index >= 15 is 0 Å². The second-order valence-corrected chi connectivity index (χ2v) is 8.02. The molecule has 0 bridgehead atoms. The summed E-state index contributed by atoms with van der Waals surface area (Å²) in [6.07, 6.45) is 2.39. The zero-order chi connectivity index (χ0) is 22.9. The summed E-state index contributed by atoms with van der Waals surface area (Å²) in [6, 6.07) is 13.1. The number of benzene rings is 2. The van der Waals surface area contributed by atoms with Gasteiger partial charge in [0.25, 0.3) is 5.91 Å². The van der Waals surface area contributed by atoms with E-state index in [1.54, 1.807) is 30.3 Å². The van der Waals surface area contributed by atoms with Gasteiger partial charge in [-0.1, -0.05) is 0 Å². The number of sulfonamides is 1. The third-order valence-corrected chi connectivity index (χ3v) is 5.07. The highest BCUT2D eigenvalue weighted by atomic mass is 32.2. The number of carbonyl (C=O) groups is 1. The van der Waals surface area contributed by atoms with Gasteiger partial charge in [-0.15, -0.1) is 0 Å². The van der Waals surface area contributed by atoms with Gasteiger partial charge in [-0.2, -0.15) is 10.4 Å². The van der Waals surface area contributed by atoms with Crippen LogP contribution in [0, 0.1) is 11.3 Å². The van der Waals surface area contributed by atoms with Crippen LogP contribution in [-0.4, -0.2) is 54.2 Å². The summed E-state index contributed by atoms with van der Waals surface area (Å²) in [5.41, 5.74) is 3.21. The van der Waals surface area contributed by atoms with Crippen molar-refractivity contribution in [3.8, 4) is 23.3 Å². The number of hydrogen-bond acceptors (Lipinski definition) is 8. The van der Waals surface area contributed by atoms with Crippen LogP contribution < -0.4 is 23.9 Å². The first-order valence-electron chi connectivity index (χ1n) is 8.90. The molecule has 0 saturated carbocycles. The van der Waals surface area contributed by atoms with Crippen LogP contribution in [0.1, 0.15) is 5.56 Å². The number of nitrogens with one attached hydrogen (secondary N) is 1. The Morgan fingerprint density at radius 2 is 1.84 bits per heavy atom. The van der Waals surface area contributed by atoms with Gasteiger partial charge < -0.3 is 14.2 Å². The van der Waals surface area contributed by atoms with Gasteiger partial charge in [0, 0.05) is 6.07 Å². The van der Waals surface area contributed by atoms with Gasteiger partial charge in [-0.05, 0) is 42.0 Å². The molecular weight excluding hydrogens is 424 g/mol. The van der Waals surface area contributed by atoms with Crippen LogP contribution in [0.25, 0.3) is 0 Å². The molecule has 0 radical (unpaired) electrons. The van der Waals surface area contributed by atoms with E-state index in [1.165, 1.54) is 32.6 Å². The molecule has 0 heterocycles. The van der Waals surface area contributed by atoms with Gasteiger partial charge in [-0.25, -0.2) is 13.8 Å². The van der Waals surface area contributed by atoms with Crippen LogP contribution >= 0.6 is 0 Å². The Morgan fingerprint density at radius 1 is 1.16 bits per heavy atom. The molecule has 1 amide bonds. The fraction of sp³-hybridized carbons (Fsp3) is 0.250. The second-order valence-electron chi connectivity index (χ2n) is 6.12. The lowest BCUT2D eigenvalue weighted by atomic mass is 10.2. The number of rotatable bonds is 10. The minimum Gasteiger partial charge on any atom is -0.493 e. The highest BCUT2D eigenvalue weighted by molar-refractivity contribution is 7.92. The van der Waals surface area contributed by atoms with Crippen LogP contribution in [0.2, 0.25) is 0 Å². The molecule has 0 aliphatic rings. The summed E-state index contributed by atoms with van der Waals surface area (Å²) in [5, 5.41) is 12.3. The molecule has 2 aromatic carbocycles. The molecule has 0 unspecified atom stereocenters. The zero-order valence-electron chi connectivity index (χ0n) is 17.2. The van der Waals surface area contributed by atoms with Gasteiger partial charge in [0.15, 0.2) is 18.1 Å². The maximum atomic E-state index is 12.3. The predicted octanol–water partition coefficient (Wildman–Crippen LogP) is 1.52. The molecule has 0 aliphatic heterocycles. The third kappa shape index (κ3) is 6.90. The Morgan fingerprint density at radius 3 is 2.42 bits per heavy atom. The summed E-state index contributed by atoms with van der Waals surface area (Å²) >= 11 is 0. The van der Waals surface area contributed by atoms with Crippen molar-refractivity contribution in [1.82, 2.24) is 5.43 Å². The number of methoxy groups -OCH3 is 2. The van der Waals surface area contributed by atoms with Crippen molar-refractivity contribution in [1.29, 1.82) is 5.26 Å². The Bertz CT molecular complexity index is 1080. The Hall–Kier alpha value is -3.78. The lowest BCUT2D eigenvalue weighted by Crippen LogP contribution is -2.39. The highest BCUT2D eigenvalue weighted by Crippen LogP contribution is 2.32. The average molecular weight is 446 g/mol. The highest BCUT2D eigenvalue weighted by Gasteiger charge is 2.22. The second kappa shape index (κ2) is 10.8. The van der Waals surface area contributed by atoms with Gasteiger partial charge in [0.2, 0.25) is 10.0 Å². The fourth-order valence-electron chi connectivity index (χ4n) is 2.49. The smallest absolute Gasteiger partial charge is 0.260 e. The predicted molar refractivity (Wildman–Crippen MR) is 115 cm³/mol. The number of ether oxygens (including phenoxy) is 3. The van der Waals surface area contributed by atoms with E-state index in [1.807, 2.05) is 6.07 Å². The molecule has 10 nitrogen and oxygen atoms in total. The van der Waals surface area contributed by atoms with E-state index < -0.39 is 22.5 Å². The first-order valence-corrected chi connectivity index (χ1v) is 10.7. The number of nitrogens with zero attached hydrogens (tertiary/aromatic N) is 3. The van der Waals surface area contributed by atoms with Crippen molar-refractivity contribution in [3.63, 3.8) is 0 Å². The zero-order valence-corrected chi connectivity index (χ0v) is 18.0. The van der Waals surface area contributed by atoms with Crippen molar-refractivity contribution in [2.24, 2.45) is 5.10 Å². The van der Waals surface area contributed by atoms with Gasteiger partial charge in [0.05, 0.1) is 32.4 Å². The summed E-state index contributed by atoms with van der Waals surface area (Å²) in [4.78, 5) is 12.3. The van der Waals surface area contributed by atoms with Gasteiger partial charge >= 0.3 is 0 Å². The third-order valence-electron chi connectivity index (χ3n) is 3.93. The fourth-order valence-corrected chi connectivity index (χ4v) is 3.34. The summed E-state index contributed by atoms with van der Waals surface area (Å²) in [7, 11) is -0.871. The number of hydrogen-bond donors (Lipinski definition) is 1. The standard InChI is InChI=1S/C20H22N4O6S/c1-28-18-9-6-16(12-19(18)29-2)24(31(3,26)27)14-20(25)23-22-13-15-4-7-17(8-5-15)30-11-10-21/h4-9,12-13H,11,14H2,1-3H3,(H,23,25)/b22-13-. The summed E-state index contributed by atoms with van der Waals surface area (Å²) in [6.45, 7) is -0.535. The van der Waals surface area contributed by atoms with E-state index in [0.29, 0.717) is 22.8 Å². The number of nitriles is 1. The molecule has 0 aromatic heterocycles. The number of anilines is 1. The Labute approximate surface area is 180 Å². The van der Waals surface area contributed by atoms with Crippen LogP contribution in [0.15, 0.2) is 47.6 Å². The molecule has 11 heteroatoms. The van der Waals surface area contributed by atoms with E-state index in [0.717, 1.165) is 10.6 Å². The molecule has 0 saturated heterocycles. The molecule has 31 heavy (non-hydrogen) atoms. The molecule has 0 fully saturated rings. The minimum absolute atomic E-state index is 0.0552. The van der Waals surface area contributed by atoms with E-state index in [4.69, 9.17) is 19.5 Å². The van der Waals surface area contributed by atoms with Crippen molar-refractivity contribution >= 4 is 27.8 Å². The normalized spacial score (nSPS) is 10.9. The largest absolute Gasteiger partial charge is 0.493 e. The molecule has 2 aromatic rings. The molecule has 0 spiro atoms. The number of carbonyl (C=O) groups excluding carboxylic acids is 1. The molecule has 0 aliphatic carbocycles.